The molecule has 0 radical (unpaired) electrons. The average Bonchev–Trinajstić information content (AvgIpc) is 2.25. The molecule has 0 aliphatic heterocycles. The molecule has 0 aromatic heterocycles. The van der Waals surface area contributed by atoms with Crippen LogP contribution in [0.4, 0.5) is 4.39 Å². The molecule has 0 N–H and O–H groups in total. The number of aliphatic imine (C=N–C) groups is 1. The van der Waals surface area contributed by atoms with Gasteiger partial charge in [-0.15, -0.1) is 6.58 Å². The highest BCUT2D eigenvalue weighted by Gasteiger charge is 2.00. The first kappa shape index (κ1) is 15.0. The topological polar surface area (TPSA) is 15.6 Å². The van der Waals surface area contributed by atoms with Crippen LogP contribution in [0.5, 0.6) is 0 Å². The SMILES string of the molecule is C=CCSN(C)C(C)=NC(=C)/C=C(/F)CC. The van der Waals surface area contributed by atoms with Gasteiger partial charge < -0.3 is 4.31 Å². The van der Waals surface area contributed by atoms with E-state index in [2.05, 4.69) is 18.2 Å². The van der Waals surface area contributed by atoms with Gasteiger partial charge in [0.25, 0.3) is 0 Å². The Balaban J connectivity index is 4.40. The monoisotopic (exact) mass is 242 g/mol. The molecule has 4 heteroatoms. The summed E-state index contributed by atoms with van der Waals surface area (Å²) in [4.78, 5) is 4.19. The van der Waals surface area contributed by atoms with Crippen molar-refractivity contribution in [1.29, 1.82) is 0 Å². The molecule has 0 spiro atoms. The standard InChI is InChI=1S/C12H19FN2S/c1-6-8-16-15(5)11(4)14-10(3)9-12(13)7-2/h6,9H,1,3,7-8H2,2,4-5H3/b12-9+,14-11?. The Morgan fingerprint density at radius 2 is 2.19 bits per heavy atom. The summed E-state index contributed by atoms with van der Waals surface area (Å²) in [5.41, 5.74) is 0.433. The van der Waals surface area contributed by atoms with Gasteiger partial charge in [0.1, 0.15) is 11.7 Å². The number of hydrogen-bond donors (Lipinski definition) is 0. The predicted molar refractivity (Wildman–Crippen MR) is 72.1 cm³/mol. The van der Waals surface area contributed by atoms with Gasteiger partial charge in [-0.2, -0.15) is 0 Å². The Morgan fingerprint density at radius 3 is 2.69 bits per heavy atom. The fraction of sp³-hybridized carbons (Fsp3) is 0.417. The van der Waals surface area contributed by atoms with E-state index < -0.39 is 0 Å². The van der Waals surface area contributed by atoms with Crippen molar-refractivity contribution in [1.82, 2.24) is 4.31 Å². The van der Waals surface area contributed by atoms with E-state index in [1.54, 1.807) is 18.9 Å². The van der Waals surface area contributed by atoms with E-state index in [0.717, 1.165) is 11.6 Å². The van der Waals surface area contributed by atoms with Gasteiger partial charge in [0.05, 0.1) is 5.70 Å². The third kappa shape index (κ3) is 6.45. The van der Waals surface area contributed by atoms with Crippen molar-refractivity contribution in [2.45, 2.75) is 20.3 Å². The fourth-order valence-electron chi connectivity index (χ4n) is 0.851. The van der Waals surface area contributed by atoms with Crippen LogP contribution in [0.25, 0.3) is 0 Å². The minimum atomic E-state index is -0.206. The van der Waals surface area contributed by atoms with Crippen LogP contribution in [0.3, 0.4) is 0 Å². The molecule has 90 valence electrons. The molecule has 0 fully saturated rings. The van der Waals surface area contributed by atoms with Gasteiger partial charge in [0.15, 0.2) is 0 Å². The lowest BCUT2D eigenvalue weighted by molar-refractivity contribution is 0.603. The second-order valence-electron chi connectivity index (χ2n) is 3.18. The molecule has 0 bridgehead atoms. The van der Waals surface area contributed by atoms with E-state index in [4.69, 9.17) is 0 Å². The predicted octanol–water partition coefficient (Wildman–Crippen LogP) is 3.95. The summed E-state index contributed by atoms with van der Waals surface area (Å²) in [7, 11) is 1.90. The summed E-state index contributed by atoms with van der Waals surface area (Å²) in [5.74, 6) is 1.40. The van der Waals surface area contributed by atoms with E-state index in [0.29, 0.717) is 12.1 Å². The summed E-state index contributed by atoms with van der Waals surface area (Å²) >= 11 is 1.58. The van der Waals surface area contributed by atoms with Crippen molar-refractivity contribution in [3.63, 3.8) is 0 Å². The highest BCUT2D eigenvalue weighted by atomic mass is 32.2. The van der Waals surface area contributed by atoms with Crippen molar-refractivity contribution < 1.29 is 4.39 Å². The molecule has 0 rings (SSSR count). The summed E-state index contributed by atoms with van der Waals surface area (Å²) in [6, 6.07) is 0. The Hall–Kier alpha value is -1.03. The molecule has 0 atom stereocenters. The second kappa shape index (κ2) is 8.16. The van der Waals surface area contributed by atoms with Crippen molar-refractivity contribution in [3.8, 4) is 0 Å². The van der Waals surface area contributed by atoms with E-state index in [-0.39, 0.29) is 5.83 Å². The zero-order valence-corrected chi connectivity index (χ0v) is 11.0. The van der Waals surface area contributed by atoms with Gasteiger partial charge in [0, 0.05) is 12.8 Å². The fourth-order valence-corrected chi connectivity index (χ4v) is 1.41. The summed E-state index contributed by atoms with van der Waals surface area (Å²) in [6.45, 7) is 10.9. The van der Waals surface area contributed by atoms with E-state index >= 15 is 0 Å². The lowest BCUT2D eigenvalue weighted by Gasteiger charge is -2.15. The Kier molecular flexibility index (Phi) is 7.64. The third-order valence-electron chi connectivity index (χ3n) is 1.81. The van der Waals surface area contributed by atoms with Crippen molar-refractivity contribution >= 4 is 17.8 Å². The molecule has 0 aliphatic carbocycles. The number of amidine groups is 1. The van der Waals surface area contributed by atoms with E-state index in [1.807, 2.05) is 24.4 Å². The molecular weight excluding hydrogens is 223 g/mol. The normalized spacial score (nSPS) is 12.5. The molecule has 0 saturated heterocycles. The maximum atomic E-state index is 12.9. The summed E-state index contributed by atoms with van der Waals surface area (Å²) in [5, 5.41) is 0. The lowest BCUT2D eigenvalue weighted by Crippen LogP contribution is -2.16. The number of hydrogen-bond acceptors (Lipinski definition) is 2. The second-order valence-corrected chi connectivity index (χ2v) is 4.32. The first-order valence-electron chi connectivity index (χ1n) is 5.09. The Bertz CT molecular complexity index is 308. The third-order valence-corrected chi connectivity index (χ3v) is 2.84. The first-order valence-corrected chi connectivity index (χ1v) is 6.03. The van der Waals surface area contributed by atoms with E-state index in [9.17, 15) is 4.39 Å². The van der Waals surface area contributed by atoms with Gasteiger partial charge in [-0.25, -0.2) is 9.38 Å². The molecule has 0 saturated carbocycles. The maximum Gasteiger partial charge on any atom is 0.111 e. The smallest absolute Gasteiger partial charge is 0.111 e. The Morgan fingerprint density at radius 1 is 1.56 bits per heavy atom. The van der Waals surface area contributed by atoms with Crippen LogP contribution in [0.15, 0.2) is 41.8 Å². The molecule has 0 heterocycles. The summed E-state index contributed by atoms with van der Waals surface area (Å²) < 4.78 is 14.8. The number of allylic oxidation sites excluding steroid dienone is 2. The molecule has 2 nitrogen and oxygen atoms in total. The largest absolute Gasteiger partial charge is 0.307 e. The Labute approximate surface area is 102 Å². The van der Waals surface area contributed by atoms with Crippen LogP contribution >= 0.6 is 11.9 Å². The lowest BCUT2D eigenvalue weighted by atomic mass is 10.3. The van der Waals surface area contributed by atoms with Crippen LogP contribution in [-0.4, -0.2) is 22.9 Å². The van der Waals surface area contributed by atoms with Gasteiger partial charge in [0.2, 0.25) is 0 Å². The van der Waals surface area contributed by atoms with Gasteiger partial charge >= 0.3 is 0 Å². The van der Waals surface area contributed by atoms with Crippen LogP contribution < -0.4 is 0 Å². The molecule has 0 unspecified atom stereocenters. The average molecular weight is 242 g/mol. The molecular formula is C12H19FN2S. The molecule has 0 amide bonds. The number of halogens is 1. The first-order chi connectivity index (χ1) is 7.51. The zero-order chi connectivity index (χ0) is 12.6. The maximum absolute atomic E-state index is 12.9. The minimum absolute atomic E-state index is 0.206. The van der Waals surface area contributed by atoms with E-state index in [1.165, 1.54) is 6.08 Å². The minimum Gasteiger partial charge on any atom is -0.307 e. The molecule has 0 aliphatic rings. The number of rotatable bonds is 6. The van der Waals surface area contributed by atoms with Gasteiger partial charge in [-0.05, 0) is 31.4 Å². The van der Waals surface area contributed by atoms with Crippen molar-refractivity contribution in [3.05, 3.63) is 36.8 Å². The highest BCUT2D eigenvalue weighted by molar-refractivity contribution is 7.97. The van der Waals surface area contributed by atoms with Gasteiger partial charge in [-0.3, -0.25) is 0 Å². The van der Waals surface area contributed by atoms with Crippen molar-refractivity contribution in [2.24, 2.45) is 4.99 Å². The molecule has 0 aromatic rings. The van der Waals surface area contributed by atoms with Crippen molar-refractivity contribution in [2.75, 3.05) is 12.8 Å². The van der Waals surface area contributed by atoms with Crippen LogP contribution in [0, 0.1) is 0 Å². The zero-order valence-electron chi connectivity index (χ0n) is 10.2. The number of nitrogens with zero attached hydrogens (tertiary/aromatic N) is 2. The quantitative estimate of drug-likeness (QED) is 0.230. The molecule has 16 heavy (non-hydrogen) atoms. The van der Waals surface area contributed by atoms with Crippen LogP contribution in [0.2, 0.25) is 0 Å². The van der Waals surface area contributed by atoms with Crippen LogP contribution in [-0.2, 0) is 0 Å². The van der Waals surface area contributed by atoms with Crippen LogP contribution in [0.1, 0.15) is 20.3 Å². The molecule has 0 aromatic carbocycles. The summed E-state index contributed by atoms with van der Waals surface area (Å²) in [6.07, 6.45) is 3.55. The highest BCUT2D eigenvalue weighted by Crippen LogP contribution is 2.11. The van der Waals surface area contributed by atoms with Gasteiger partial charge in [-0.1, -0.05) is 19.6 Å².